The van der Waals surface area contributed by atoms with Crippen LogP contribution in [0.5, 0.6) is 5.75 Å². The fraction of sp³-hybridized carbons (Fsp3) is 0.278. The van der Waals surface area contributed by atoms with Crippen LogP contribution in [0.4, 0.5) is 5.69 Å². The van der Waals surface area contributed by atoms with Gasteiger partial charge in [-0.3, -0.25) is 4.79 Å². The predicted molar refractivity (Wildman–Crippen MR) is 95.1 cm³/mol. The lowest BCUT2D eigenvalue weighted by Gasteiger charge is -2.26. The zero-order chi connectivity index (χ0) is 17.9. The van der Waals surface area contributed by atoms with Crippen molar-refractivity contribution >= 4 is 21.6 Å². The number of carbonyl (C=O) groups is 1. The van der Waals surface area contributed by atoms with Crippen LogP contribution in [0.3, 0.4) is 0 Å². The molecule has 0 spiro atoms. The number of hydrogen-bond acceptors (Lipinski definition) is 4. The van der Waals surface area contributed by atoms with Gasteiger partial charge in [0.05, 0.1) is 4.90 Å². The first-order valence-corrected chi connectivity index (χ1v) is 9.61. The molecule has 0 radical (unpaired) electrons. The number of aromatic hydroxyl groups is 1. The molecule has 2 N–H and O–H groups in total. The Labute approximate surface area is 147 Å². The second-order valence-corrected chi connectivity index (χ2v) is 7.93. The van der Waals surface area contributed by atoms with E-state index in [0.717, 1.165) is 19.3 Å². The van der Waals surface area contributed by atoms with Gasteiger partial charge < -0.3 is 10.4 Å². The number of phenolic OH excluding ortho intramolecular Hbond substituents is 1. The average Bonchev–Trinajstić information content (AvgIpc) is 2.64. The summed E-state index contributed by atoms with van der Waals surface area (Å²) in [5.74, 6) is -0.297. The van der Waals surface area contributed by atoms with Crippen LogP contribution in [-0.2, 0) is 10.0 Å². The van der Waals surface area contributed by atoms with Gasteiger partial charge in [0.2, 0.25) is 10.0 Å². The summed E-state index contributed by atoms with van der Waals surface area (Å²) in [4.78, 5) is 12.5. The van der Waals surface area contributed by atoms with Crippen molar-refractivity contribution < 1.29 is 18.3 Å². The Morgan fingerprint density at radius 1 is 1.00 bits per heavy atom. The van der Waals surface area contributed by atoms with Crippen molar-refractivity contribution in [2.45, 2.75) is 24.2 Å². The molecule has 1 aliphatic rings. The van der Waals surface area contributed by atoms with Crippen molar-refractivity contribution in [1.29, 1.82) is 0 Å². The minimum atomic E-state index is -3.58. The molecule has 2 aromatic carbocycles. The van der Waals surface area contributed by atoms with E-state index in [1.54, 1.807) is 24.3 Å². The number of piperidine rings is 1. The van der Waals surface area contributed by atoms with Crippen molar-refractivity contribution in [3.63, 3.8) is 0 Å². The van der Waals surface area contributed by atoms with E-state index in [1.807, 2.05) is 0 Å². The maximum Gasteiger partial charge on any atom is 0.255 e. The molecule has 25 heavy (non-hydrogen) atoms. The van der Waals surface area contributed by atoms with E-state index >= 15 is 0 Å². The van der Waals surface area contributed by atoms with E-state index < -0.39 is 15.9 Å². The van der Waals surface area contributed by atoms with Crippen molar-refractivity contribution in [3.8, 4) is 5.75 Å². The van der Waals surface area contributed by atoms with Gasteiger partial charge in [-0.05, 0) is 55.3 Å². The molecule has 3 rings (SSSR count). The van der Waals surface area contributed by atoms with Crippen molar-refractivity contribution in [2.75, 3.05) is 18.4 Å². The molecule has 0 atom stereocenters. The molecule has 0 unspecified atom stereocenters. The average molecular weight is 360 g/mol. The number of carbonyl (C=O) groups excluding carboxylic acids is 1. The van der Waals surface area contributed by atoms with Gasteiger partial charge in [-0.25, -0.2) is 8.42 Å². The molecule has 1 amide bonds. The lowest BCUT2D eigenvalue weighted by molar-refractivity contribution is 0.102. The third-order valence-electron chi connectivity index (χ3n) is 4.17. The third-order valence-corrected chi connectivity index (χ3v) is 6.07. The van der Waals surface area contributed by atoms with Crippen LogP contribution in [0, 0.1) is 0 Å². The monoisotopic (exact) mass is 360 g/mol. The third kappa shape index (κ3) is 4.00. The first kappa shape index (κ1) is 17.4. The van der Waals surface area contributed by atoms with Crippen LogP contribution in [-0.4, -0.2) is 36.8 Å². The summed E-state index contributed by atoms with van der Waals surface area (Å²) in [6, 6.07) is 12.1. The van der Waals surface area contributed by atoms with E-state index in [9.17, 15) is 18.3 Å². The summed E-state index contributed by atoms with van der Waals surface area (Å²) in [5, 5.41) is 12.0. The highest BCUT2D eigenvalue weighted by molar-refractivity contribution is 7.89. The number of amides is 1. The highest BCUT2D eigenvalue weighted by Gasteiger charge is 2.26. The summed E-state index contributed by atoms with van der Waals surface area (Å²) in [6.45, 7) is 1.04. The number of hydrogen-bond donors (Lipinski definition) is 2. The van der Waals surface area contributed by atoms with Gasteiger partial charge in [0.15, 0.2) is 0 Å². The Bertz CT molecular complexity index is 857. The van der Waals surface area contributed by atoms with Crippen molar-refractivity contribution in [1.82, 2.24) is 4.31 Å². The van der Waals surface area contributed by atoms with Crippen LogP contribution in [0.1, 0.15) is 29.6 Å². The van der Waals surface area contributed by atoms with Crippen LogP contribution >= 0.6 is 0 Å². The van der Waals surface area contributed by atoms with E-state index in [4.69, 9.17) is 0 Å². The van der Waals surface area contributed by atoms with Gasteiger partial charge in [0.1, 0.15) is 5.75 Å². The summed E-state index contributed by atoms with van der Waals surface area (Å²) in [7, 11) is -3.58. The van der Waals surface area contributed by atoms with Crippen LogP contribution in [0.15, 0.2) is 53.4 Å². The van der Waals surface area contributed by atoms with Gasteiger partial charge in [0.25, 0.3) is 5.91 Å². The Morgan fingerprint density at radius 3 is 2.36 bits per heavy atom. The standard InChI is InChI=1S/C18H20N2O4S/c21-16-9-7-15(8-10-16)19-18(22)14-5-4-6-17(13-14)25(23,24)20-11-2-1-3-12-20/h4-10,13,21H,1-3,11-12H2,(H,19,22). The van der Waals surface area contributed by atoms with Crippen LogP contribution in [0.25, 0.3) is 0 Å². The Kier molecular flexibility index (Phi) is 5.06. The Hall–Kier alpha value is -2.38. The van der Waals surface area contributed by atoms with Gasteiger partial charge in [0, 0.05) is 24.3 Å². The SMILES string of the molecule is O=C(Nc1ccc(O)cc1)c1cccc(S(=O)(=O)N2CCCCC2)c1. The van der Waals surface area contributed by atoms with Gasteiger partial charge in [-0.2, -0.15) is 4.31 Å². The summed E-state index contributed by atoms with van der Waals surface area (Å²) in [5.41, 5.74) is 0.790. The molecule has 1 heterocycles. The fourth-order valence-corrected chi connectivity index (χ4v) is 4.36. The second-order valence-electron chi connectivity index (χ2n) is 5.99. The highest BCUT2D eigenvalue weighted by atomic mass is 32.2. The molecular formula is C18H20N2O4S. The van der Waals surface area contributed by atoms with Crippen molar-refractivity contribution in [2.24, 2.45) is 0 Å². The fourth-order valence-electron chi connectivity index (χ4n) is 2.80. The second kappa shape index (κ2) is 7.25. The maximum atomic E-state index is 12.7. The van der Waals surface area contributed by atoms with Crippen LogP contribution < -0.4 is 5.32 Å². The first-order valence-electron chi connectivity index (χ1n) is 8.17. The molecule has 0 aliphatic carbocycles. The summed E-state index contributed by atoms with van der Waals surface area (Å²) >= 11 is 0. The molecule has 6 nitrogen and oxygen atoms in total. The predicted octanol–water partition coefficient (Wildman–Crippen LogP) is 2.82. The largest absolute Gasteiger partial charge is 0.508 e. The number of anilines is 1. The number of rotatable bonds is 4. The van der Waals surface area contributed by atoms with E-state index in [1.165, 1.54) is 28.6 Å². The summed E-state index contributed by atoms with van der Waals surface area (Å²) in [6.07, 6.45) is 2.77. The number of nitrogens with one attached hydrogen (secondary N) is 1. The lowest BCUT2D eigenvalue weighted by Crippen LogP contribution is -2.35. The maximum absolute atomic E-state index is 12.7. The normalized spacial score (nSPS) is 15.7. The molecular weight excluding hydrogens is 340 g/mol. The number of phenols is 1. The topological polar surface area (TPSA) is 86.7 Å². The molecule has 2 aromatic rings. The number of sulfonamides is 1. The summed E-state index contributed by atoms with van der Waals surface area (Å²) < 4.78 is 26.9. The molecule has 7 heteroatoms. The lowest BCUT2D eigenvalue weighted by atomic mass is 10.2. The molecule has 0 aromatic heterocycles. The molecule has 1 fully saturated rings. The van der Waals surface area contributed by atoms with Crippen LogP contribution in [0.2, 0.25) is 0 Å². The van der Waals surface area contributed by atoms with E-state index in [2.05, 4.69) is 5.32 Å². The zero-order valence-electron chi connectivity index (χ0n) is 13.7. The Balaban J connectivity index is 1.80. The molecule has 132 valence electrons. The number of benzene rings is 2. The quantitative estimate of drug-likeness (QED) is 0.821. The van der Waals surface area contributed by atoms with Crippen molar-refractivity contribution in [3.05, 3.63) is 54.1 Å². The first-order chi connectivity index (χ1) is 12.0. The van der Waals surface area contributed by atoms with Gasteiger partial charge >= 0.3 is 0 Å². The molecule has 0 saturated carbocycles. The highest BCUT2D eigenvalue weighted by Crippen LogP contribution is 2.22. The Morgan fingerprint density at radius 2 is 1.68 bits per heavy atom. The molecule has 0 bridgehead atoms. The number of nitrogens with zero attached hydrogens (tertiary/aromatic N) is 1. The molecule has 1 aliphatic heterocycles. The zero-order valence-corrected chi connectivity index (χ0v) is 14.5. The van der Waals surface area contributed by atoms with E-state index in [-0.39, 0.29) is 16.2 Å². The van der Waals surface area contributed by atoms with Gasteiger partial charge in [-0.1, -0.05) is 12.5 Å². The smallest absolute Gasteiger partial charge is 0.255 e. The van der Waals surface area contributed by atoms with Gasteiger partial charge in [-0.15, -0.1) is 0 Å². The molecule has 1 saturated heterocycles. The van der Waals surface area contributed by atoms with E-state index in [0.29, 0.717) is 18.8 Å². The minimum absolute atomic E-state index is 0.104. The minimum Gasteiger partial charge on any atom is -0.508 e.